The second kappa shape index (κ2) is 14.8. The van der Waals surface area contributed by atoms with Gasteiger partial charge >= 0.3 is 5.97 Å². The number of hydrogen-bond acceptors (Lipinski definition) is 7. The molecule has 0 fully saturated rings. The molecule has 0 radical (unpaired) electrons. The molecule has 2 heterocycles. The fraction of sp³-hybridized carbons (Fsp3) is 0.206. The Kier molecular flexibility index (Phi) is 10.5. The minimum absolute atomic E-state index is 0.233. The van der Waals surface area contributed by atoms with Crippen molar-refractivity contribution in [3.05, 3.63) is 148 Å². The zero-order chi connectivity index (χ0) is 29.1. The third kappa shape index (κ3) is 8.11. The van der Waals surface area contributed by atoms with Crippen LogP contribution in [0, 0.1) is 0 Å². The van der Waals surface area contributed by atoms with E-state index in [1.54, 1.807) is 35.6 Å². The lowest BCUT2D eigenvalue weighted by molar-refractivity contribution is -0.180. The minimum Gasteiger partial charge on any atom is -0.420 e. The zero-order valence-electron chi connectivity index (χ0n) is 23.0. The molecular weight excluding hydrogens is 568 g/mol. The monoisotopic (exact) mass is 600 g/mol. The second-order valence-corrected chi connectivity index (χ2v) is 11.2. The maximum absolute atomic E-state index is 13.1. The topological polar surface area (TPSA) is 62.2 Å². The highest BCUT2D eigenvalue weighted by Crippen LogP contribution is 2.29. The molecule has 3 aromatic carbocycles. The van der Waals surface area contributed by atoms with Crippen molar-refractivity contribution in [2.75, 3.05) is 19.7 Å². The molecule has 0 aliphatic carbocycles. The SMILES string of the molecule is O=C(OC1N(C/C=C/c2ccc(Cl)cc2)C=CN1CC(OCCc1ccccc1)c1cccs1)[C@H](O)c1ccccc1. The van der Waals surface area contributed by atoms with Crippen LogP contribution in [-0.2, 0) is 20.7 Å². The lowest BCUT2D eigenvalue weighted by Gasteiger charge is -2.33. The number of carbonyl (C=O) groups is 1. The van der Waals surface area contributed by atoms with E-state index in [1.807, 2.05) is 94.3 Å². The van der Waals surface area contributed by atoms with Crippen molar-refractivity contribution >= 4 is 35.0 Å². The van der Waals surface area contributed by atoms with E-state index < -0.39 is 18.4 Å². The van der Waals surface area contributed by atoms with Gasteiger partial charge < -0.3 is 24.4 Å². The van der Waals surface area contributed by atoms with Gasteiger partial charge in [0.1, 0.15) is 6.10 Å². The first kappa shape index (κ1) is 29.6. The Morgan fingerprint density at radius 1 is 0.929 bits per heavy atom. The van der Waals surface area contributed by atoms with Gasteiger partial charge in [0.05, 0.1) is 13.2 Å². The van der Waals surface area contributed by atoms with Crippen LogP contribution in [0.5, 0.6) is 0 Å². The molecule has 1 aliphatic heterocycles. The summed E-state index contributed by atoms with van der Waals surface area (Å²) in [4.78, 5) is 18.1. The van der Waals surface area contributed by atoms with Gasteiger partial charge in [-0.25, -0.2) is 4.79 Å². The summed E-state index contributed by atoms with van der Waals surface area (Å²) < 4.78 is 12.4. The number of ether oxygens (including phenoxy) is 2. The summed E-state index contributed by atoms with van der Waals surface area (Å²) in [5.74, 6) is -0.718. The van der Waals surface area contributed by atoms with Gasteiger partial charge in [-0.1, -0.05) is 103 Å². The van der Waals surface area contributed by atoms with E-state index in [2.05, 4.69) is 18.2 Å². The molecule has 1 aromatic heterocycles. The molecule has 42 heavy (non-hydrogen) atoms. The van der Waals surface area contributed by atoms with Crippen LogP contribution in [0.15, 0.2) is 121 Å². The minimum atomic E-state index is -1.39. The number of hydrogen-bond donors (Lipinski definition) is 1. The molecule has 0 saturated carbocycles. The second-order valence-electron chi connectivity index (χ2n) is 9.83. The Hall–Kier alpha value is -3.88. The fourth-order valence-electron chi connectivity index (χ4n) is 4.63. The van der Waals surface area contributed by atoms with E-state index >= 15 is 0 Å². The molecule has 216 valence electrons. The summed E-state index contributed by atoms with van der Waals surface area (Å²) in [6.07, 6.45) is 6.20. The van der Waals surface area contributed by atoms with Gasteiger partial charge in [-0.15, -0.1) is 11.3 Å². The molecule has 3 atom stereocenters. The van der Waals surface area contributed by atoms with Crippen molar-refractivity contribution in [3.8, 4) is 0 Å². The lowest BCUT2D eigenvalue weighted by atomic mass is 10.1. The first-order chi connectivity index (χ1) is 20.6. The normalized spacial score (nSPS) is 16.2. The highest BCUT2D eigenvalue weighted by atomic mass is 35.5. The van der Waals surface area contributed by atoms with E-state index in [9.17, 15) is 9.90 Å². The molecule has 6 nitrogen and oxygen atoms in total. The Balaban J connectivity index is 1.30. The smallest absolute Gasteiger partial charge is 0.342 e. The van der Waals surface area contributed by atoms with E-state index in [4.69, 9.17) is 21.1 Å². The van der Waals surface area contributed by atoms with Crippen molar-refractivity contribution in [2.45, 2.75) is 25.0 Å². The van der Waals surface area contributed by atoms with Crippen molar-refractivity contribution in [3.63, 3.8) is 0 Å². The van der Waals surface area contributed by atoms with Gasteiger partial charge in [-0.2, -0.15) is 0 Å². The molecule has 2 unspecified atom stereocenters. The molecule has 0 bridgehead atoms. The van der Waals surface area contributed by atoms with Gasteiger partial charge in [0.25, 0.3) is 6.35 Å². The van der Waals surface area contributed by atoms with E-state index in [-0.39, 0.29) is 6.10 Å². The molecule has 4 aromatic rings. The van der Waals surface area contributed by atoms with Gasteiger partial charge in [0.15, 0.2) is 6.10 Å². The Morgan fingerprint density at radius 3 is 2.36 bits per heavy atom. The van der Waals surface area contributed by atoms with Gasteiger partial charge in [-0.3, -0.25) is 0 Å². The van der Waals surface area contributed by atoms with Crippen molar-refractivity contribution in [1.29, 1.82) is 0 Å². The molecule has 0 spiro atoms. The molecule has 0 amide bonds. The third-order valence-corrected chi connectivity index (χ3v) is 8.08. The summed E-state index contributed by atoms with van der Waals surface area (Å²) in [6.45, 7) is 1.49. The standard InChI is InChI=1S/C34H33ClN2O4S/c35-29-17-15-27(16-18-29)11-7-20-36-21-22-37(34(36)41-33(39)32(38)28-12-5-2-6-13-28)25-30(31-14-8-24-42-31)40-23-19-26-9-3-1-4-10-26/h1-18,21-22,24,30,32,34,38H,19-20,23,25H2/b11-7+/t30?,32-,34?/m1/s1. The van der Waals surface area contributed by atoms with Crippen molar-refractivity contribution in [2.24, 2.45) is 0 Å². The van der Waals surface area contributed by atoms with Crippen molar-refractivity contribution < 1.29 is 19.4 Å². The average Bonchev–Trinajstić information content (AvgIpc) is 3.69. The summed E-state index contributed by atoms with van der Waals surface area (Å²) in [5, 5.41) is 13.5. The van der Waals surface area contributed by atoms with Gasteiger partial charge in [0, 0.05) is 28.8 Å². The predicted octanol–water partition coefficient (Wildman–Crippen LogP) is 7.06. The number of aliphatic hydroxyl groups excluding tert-OH is 1. The van der Waals surface area contributed by atoms with Crippen LogP contribution in [0.2, 0.25) is 5.02 Å². The van der Waals surface area contributed by atoms with Crippen LogP contribution in [0.3, 0.4) is 0 Å². The molecule has 8 heteroatoms. The highest BCUT2D eigenvalue weighted by molar-refractivity contribution is 7.10. The number of thiophene rings is 1. The first-order valence-corrected chi connectivity index (χ1v) is 15.1. The maximum Gasteiger partial charge on any atom is 0.342 e. The molecule has 1 N–H and O–H groups in total. The van der Waals surface area contributed by atoms with Crippen LogP contribution in [0.1, 0.15) is 33.8 Å². The predicted molar refractivity (Wildman–Crippen MR) is 167 cm³/mol. The van der Waals surface area contributed by atoms with Crippen LogP contribution in [-0.4, -0.2) is 46.9 Å². The van der Waals surface area contributed by atoms with Gasteiger partial charge in [0.2, 0.25) is 0 Å². The number of nitrogens with zero attached hydrogens (tertiary/aromatic N) is 2. The molecule has 0 saturated heterocycles. The summed E-state index contributed by atoms with van der Waals surface area (Å²) in [5.41, 5.74) is 2.70. The third-order valence-electron chi connectivity index (χ3n) is 6.86. The summed E-state index contributed by atoms with van der Waals surface area (Å²) in [7, 11) is 0. The maximum atomic E-state index is 13.1. The van der Waals surface area contributed by atoms with Crippen LogP contribution in [0.25, 0.3) is 6.08 Å². The number of aliphatic hydroxyl groups is 1. The Morgan fingerprint density at radius 2 is 1.64 bits per heavy atom. The molecular formula is C34H33ClN2O4S. The van der Waals surface area contributed by atoms with Crippen LogP contribution >= 0.6 is 22.9 Å². The molecule has 1 aliphatic rings. The number of esters is 1. The molecule has 5 rings (SSSR count). The highest BCUT2D eigenvalue weighted by Gasteiger charge is 2.34. The quantitative estimate of drug-likeness (QED) is 0.166. The van der Waals surface area contributed by atoms with Crippen LogP contribution < -0.4 is 0 Å². The average molecular weight is 601 g/mol. The fourth-order valence-corrected chi connectivity index (χ4v) is 5.52. The van der Waals surface area contributed by atoms with E-state index in [1.165, 1.54) is 5.56 Å². The number of halogens is 1. The zero-order valence-corrected chi connectivity index (χ0v) is 24.6. The number of rotatable bonds is 13. The van der Waals surface area contributed by atoms with Crippen molar-refractivity contribution in [1.82, 2.24) is 9.80 Å². The summed E-state index contributed by atoms with van der Waals surface area (Å²) >= 11 is 7.65. The van der Waals surface area contributed by atoms with Crippen LogP contribution in [0.4, 0.5) is 0 Å². The first-order valence-electron chi connectivity index (χ1n) is 13.8. The van der Waals surface area contributed by atoms with E-state index in [0.29, 0.717) is 30.3 Å². The Bertz CT molecular complexity index is 1450. The Labute approximate surface area is 255 Å². The number of benzene rings is 3. The summed E-state index contributed by atoms with van der Waals surface area (Å²) in [6, 6.07) is 30.7. The lowest BCUT2D eigenvalue weighted by Crippen LogP contribution is -2.44. The number of carbonyl (C=O) groups excluding carboxylic acids is 1. The largest absolute Gasteiger partial charge is 0.420 e. The van der Waals surface area contributed by atoms with E-state index in [0.717, 1.165) is 16.9 Å². The van der Waals surface area contributed by atoms with Gasteiger partial charge in [-0.05, 0) is 46.7 Å².